The average molecular weight is 460 g/mol. The van der Waals surface area contributed by atoms with Crippen molar-refractivity contribution in [2.45, 2.75) is 6.92 Å². The summed E-state index contributed by atoms with van der Waals surface area (Å²) in [5.41, 5.74) is 0.642. The monoisotopic (exact) mass is 458 g/mol. The first-order valence-corrected chi connectivity index (χ1v) is 8.49. The number of nitrogens with zero attached hydrogens (tertiary/aromatic N) is 2. The van der Waals surface area contributed by atoms with E-state index in [0.717, 1.165) is 0 Å². The highest BCUT2D eigenvalue weighted by Gasteiger charge is 2.14. The standard InChI is InChI=1S/C16H16Br2N2O4/c1-4-23-14(21)9-24-15-12(17)6-10(7-13(15)18)5-11(8-19)16(22)20(2)3/h5-7H,4,9H2,1-3H3/b11-5-. The molecule has 0 saturated carbocycles. The third kappa shape index (κ3) is 5.65. The van der Waals surface area contributed by atoms with E-state index in [1.807, 2.05) is 6.07 Å². The second kappa shape index (κ2) is 9.45. The Morgan fingerprint density at radius 3 is 2.33 bits per heavy atom. The van der Waals surface area contributed by atoms with Gasteiger partial charge in [0.1, 0.15) is 17.4 Å². The molecule has 0 N–H and O–H groups in total. The second-order valence-corrected chi connectivity index (χ2v) is 6.49. The number of ether oxygens (including phenoxy) is 2. The maximum absolute atomic E-state index is 11.9. The van der Waals surface area contributed by atoms with Crippen LogP contribution in [0.1, 0.15) is 12.5 Å². The van der Waals surface area contributed by atoms with Crippen molar-refractivity contribution in [2.24, 2.45) is 0 Å². The first-order valence-electron chi connectivity index (χ1n) is 6.91. The van der Waals surface area contributed by atoms with Crippen molar-refractivity contribution in [2.75, 3.05) is 27.3 Å². The lowest BCUT2D eigenvalue weighted by atomic mass is 10.1. The van der Waals surface area contributed by atoms with Gasteiger partial charge in [-0.05, 0) is 62.6 Å². The summed E-state index contributed by atoms with van der Waals surface area (Å²) in [6.07, 6.45) is 1.48. The second-order valence-electron chi connectivity index (χ2n) is 4.78. The molecule has 1 rings (SSSR count). The first-order chi connectivity index (χ1) is 11.3. The highest BCUT2D eigenvalue weighted by atomic mass is 79.9. The van der Waals surface area contributed by atoms with E-state index in [1.165, 1.54) is 11.0 Å². The Labute approximate surface area is 157 Å². The summed E-state index contributed by atoms with van der Waals surface area (Å²) in [7, 11) is 3.15. The number of benzene rings is 1. The van der Waals surface area contributed by atoms with Crippen molar-refractivity contribution >= 4 is 49.8 Å². The first kappa shape index (κ1) is 20.2. The molecule has 0 fully saturated rings. The number of hydrogen-bond donors (Lipinski definition) is 0. The molecular weight excluding hydrogens is 444 g/mol. The lowest BCUT2D eigenvalue weighted by Gasteiger charge is -2.12. The Bertz CT molecular complexity index is 686. The van der Waals surface area contributed by atoms with Crippen LogP contribution in [0.3, 0.4) is 0 Å². The molecule has 0 aliphatic carbocycles. The number of hydrogen-bond acceptors (Lipinski definition) is 5. The van der Waals surface area contributed by atoms with Gasteiger partial charge in [0.2, 0.25) is 0 Å². The number of esters is 1. The van der Waals surface area contributed by atoms with E-state index in [2.05, 4.69) is 31.9 Å². The molecule has 6 nitrogen and oxygen atoms in total. The zero-order chi connectivity index (χ0) is 18.3. The van der Waals surface area contributed by atoms with Crippen LogP contribution in [0.4, 0.5) is 0 Å². The molecule has 0 aromatic heterocycles. The summed E-state index contributed by atoms with van der Waals surface area (Å²) in [5, 5.41) is 9.13. The number of halogens is 2. The van der Waals surface area contributed by atoms with Crippen molar-refractivity contribution in [3.05, 3.63) is 32.2 Å². The molecule has 8 heteroatoms. The van der Waals surface area contributed by atoms with Crippen LogP contribution in [0.2, 0.25) is 0 Å². The Hall–Kier alpha value is -1.85. The summed E-state index contributed by atoms with van der Waals surface area (Å²) in [6.45, 7) is 1.78. The van der Waals surface area contributed by atoms with Gasteiger partial charge in [-0.2, -0.15) is 5.26 Å². The molecule has 1 aromatic carbocycles. The quantitative estimate of drug-likeness (QED) is 0.371. The lowest BCUT2D eigenvalue weighted by Crippen LogP contribution is -2.22. The van der Waals surface area contributed by atoms with Crippen molar-refractivity contribution < 1.29 is 19.1 Å². The Morgan fingerprint density at radius 2 is 1.88 bits per heavy atom. The smallest absolute Gasteiger partial charge is 0.344 e. The molecule has 0 atom stereocenters. The minimum absolute atomic E-state index is 0.0130. The zero-order valence-corrected chi connectivity index (χ0v) is 16.6. The van der Waals surface area contributed by atoms with Crippen LogP contribution in [0.5, 0.6) is 5.75 Å². The van der Waals surface area contributed by atoms with Crippen LogP contribution in [0.15, 0.2) is 26.7 Å². The van der Waals surface area contributed by atoms with Gasteiger partial charge in [0.05, 0.1) is 15.6 Å². The van der Waals surface area contributed by atoms with Gasteiger partial charge < -0.3 is 14.4 Å². The van der Waals surface area contributed by atoms with Crippen molar-refractivity contribution in [1.82, 2.24) is 4.90 Å². The topological polar surface area (TPSA) is 79.6 Å². The number of likely N-dealkylation sites (N-methyl/N-ethyl adjacent to an activating group) is 1. The molecule has 1 aromatic rings. The largest absolute Gasteiger partial charge is 0.480 e. The highest BCUT2D eigenvalue weighted by molar-refractivity contribution is 9.11. The third-order valence-electron chi connectivity index (χ3n) is 2.73. The Balaban J connectivity index is 3.05. The molecule has 0 heterocycles. The van der Waals surface area contributed by atoms with Crippen LogP contribution in [0.25, 0.3) is 6.08 Å². The van der Waals surface area contributed by atoms with Gasteiger partial charge in [-0.25, -0.2) is 4.79 Å². The van der Waals surface area contributed by atoms with Crippen LogP contribution < -0.4 is 4.74 Å². The van der Waals surface area contributed by atoms with E-state index < -0.39 is 5.97 Å². The number of nitriles is 1. The zero-order valence-electron chi connectivity index (χ0n) is 13.4. The van der Waals surface area contributed by atoms with E-state index in [9.17, 15) is 9.59 Å². The predicted molar refractivity (Wildman–Crippen MR) is 96.3 cm³/mol. The fourth-order valence-corrected chi connectivity index (χ4v) is 3.13. The van der Waals surface area contributed by atoms with Gasteiger partial charge in [0.25, 0.3) is 5.91 Å². The maximum Gasteiger partial charge on any atom is 0.344 e. The van der Waals surface area contributed by atoms with Crippen LogP contribution in [0, 0.1) is 11.3 Å². The van der Waals surface area contributed by atoms with Gasteiger partial charge in [-0.3, -0.25) is 4.79 Å². The maximum atomic E-state index is 11.9. The average Bonchev–Trinajstić information content (AvgIpc) is 2.51. The van der Waals surface area contributed by atoms with Gasteiger partial charge in [-0.15, -0.1) is 0 Å². The predicted octanol–water partition coefficient (Wildman–Crippen LogP) is 3.15. The normalized spacial score (nSPS) is 10.8. The number of carbonyl (C=O) groups excluding carboxylic acids is 2. The molecular formula is C16H16Br2N2O4. The van der Waals surface area contributed by atoms with Crippen LogP contribution in [-0.2, 0) is 14.3 Å². The number of carbonyl (C=O) groups is 2. The molecule has 0 saturated heterocycles. The van der Waals surface area contributed by atoms with Gasteiger partial charge >= 0.3 is 5.97 Å². The summed E-state index contributed by atoms with van der Waals surface area (Å²) >= 11 is 6.70. The SMILES string of the molecule is CCOC(=O)COc1c(Br)cc(/C=C(/C#N)C(=O)N(C)C)cc1Br. The summed E-state index contributed by atoms with van der Waals surface area (Å²) < 4.78 is 11.4. The van der Waals surface area contributed by atoms with Crippen molar-refractivity contribution in [3.63, 3.8) is 0 Å². The van der Waals surface area contributed by atoms with E-state index in [1.54, 1.807) is 33.2 Å². The molecule has 0 bridgehead atoms. The van der Waals surface area contributed by atoms with Crippen LogP contribution in [-0.4, -0.2) is 44.1 Å². The highest BCUT2D eigenvalue weighted by Crippen LogP contribution is 2.35. The van der Waals surface area contributed by atoms with Gasteiger partial charge in [0.15, 0.2) is 6.61 Å². The van der Waals surface area contributed by atoms with Gasteiger partial charge in [0, 0.05) is 14.1 Å². The fourth-order valence-electron chi connectivity index (χ4n) is 1.68. The molecule has 0 radical (unpaired) electrons. The minimum Gasteiger partial charge on any atom is -0.480 e. The molecule has 0 spiro atoms. The van der Waals surface area contributed by atoms with Crippen molar-refractivity contribution in [1.29, 1.82) is 5.26 Å². The lowest BCUT2D eigenvalue weighted by molar-refractivity contribution is -0.145. The molecule has 0 aliphatic rings. The summed E-state index contributed by atoms with van der Waals surface area (Å²) in [4.78, 5) is 24.6. The summed E-state index contributed by atoms with van der Waals surface area (Å²) in [5.74, 6) is -0.423. The fraction of sp³-hybridized carbons (Fsp3) is 0.312. The van der Waals surface area contributed by atoms with E-state index in [-0.39, 0.29) is 24.7 Å². The third-order valence-corrected chi connectivity index (χ3v) is 3.91. The Kier molecular flexibility index (Phi) is 7.95. The molecule has 0 aliphatic heterocycles. The van der Waals surface area contributed by atoms with Gasteiger partial charge in [-0.1, -0.05) is 0 Å². The Morgan fingerprint density at radius 1 is 1.29 bits per heavy atom. The number of rotatable bonds is 6. The van der Waals surface area contributed by atoms with Crippen molar-refractivity contribution in [3.8, 4) is 11.8 Å². The van der Waals surface area contributed by atoms with E-state index in [0.29, 0.717) is 20.3 Å². The molecule has 24 heavy (non-hydrogen) atoms. The van der Waals surface area contributed by atoms with E-state index in [4.69, 9.17) is 14.7 Å². The molecule has 1 amide bonds. The minimum atomic E-state index is -0.469. The summed E-state index contributed by atoms with van der Waals surface area (Å²) in [6, 6.07) is 5.26. The molecule has 0 unspecified atom stereocenters. The molecule has 128 valence electrons. The van der Waals surface area contributed by atoms with Crippen LogP contribution >= 0.6 is 31.9 Å². The number of amides is 1. The van der Waals surface area contributed by atoms with E-state index >= 15 is 0 Å².